The average molecular weight is 285 g/mol. The van der Waals surface area contributed by atoms with Crippen LogP contribution in [0.1, 0.15) is 15.9 Å². The number of rotatable bonds is 6. The summed E-state index contributed by atoms with van der Waals surface area (Å²) in [6, 6.07) is 13.1. The van der Waals surface area contributed by atoms with Crippen LogP contribution in [-0.2, 0) is 6.54 Å². The lowest BCUT2D eigenvalue weighted by Gasteiger charge is -2.07. The van der Waals surface area contributed by atoms with Crippen LogP contribution in [0.5, 0.6) is 5.75 Å². The molecular formula is C17H16FNO2. The van der Waals surface area contributed by atoms with Gasteiger partial charge in [0.1, 0.15) is 18.2 Å². The zero-order valence-electron chi connectivity index (χ0n) is 11.5. The maximum Gasteiger partial charge on any atom is 0.251 e. The van der Waals surface area contributed by atoms with E-state index in [-0.39, 0.29) is 18.3 Å². The van der Waals surface area contributed by atoms with Crippen molar-refractivity contribution in [2.24, 2.45) is 0 Å². The fourth-order valence-corrected chi connectivity index (χ4v) is 1.78. The number of ether oxygens (including phenoxy) is 1. The van der Waals surface area contributed by atoms with Gasteiger partial charge in [-0.25, -0.2) is 4.39 Å². The van der Waals surface area contributed by atoms with E-state index in [1.807, 2.05) is 0 Å². The fourth-order valence-electron chi connectivity index (χ4n) is 1.78. The standard InChI is InChI=1S/C17H16FNO2/c1-2-11-21-15-9-7-13(8-10-15)17(20)19-12-14-5-3-4-6-16(14)18/h2-10H,1,11-12H2,(H,19,20). The molecule has 0 spiro atoms. The van der Waals surface area contributed by atoms with Crippen molar-refractivity contribution >= 4 is 5.91 Å². The van der Waals surface area contributed by atoms with Gasteiger partial charge in [-0.2, -0.15) is 0 Å². The van der Waals surface area contributed by atoms with E-state index in [4.69, 9.17) is 4.74 Å². The third kappa shape index (κ3) is 4.18. The second-order valence-corrected chi connectivity index (χ2v) is 4.40. The maximum atomic E-state index is 13.4. The predicted octanol–water partition coefficient (Wildman–Crippen LogP) is 3.32. The van der Waals surface area contributed by atoms with Gasteiger partial charge in [0.05, 0.1) is 0 Å². The minimum absolute atomic E-state index is 0.153. The van der Waals surface area contributed by atoms with Gasteiger partial charge < -0.3 is 10.1 Å². The number of carbonyl (C=O) groups excluding carboxylic acids is 1. The Labute approximate surface area is 123 Å². The maximum absolute atomic E-state index is 13.4. The van der Waals surface area contributed by atoms with Crippen molar-refractivity contribution in [3.05, 3.63) is 78.1 Å². The van der Waals surface area contributed by atoms with Crippen LogP contribution in [0.15, 0.2) is 61.2 Å². The van der Waals surface area contributed by atoms with Crippen molar-refractivity contribution in [2.45, 2.75) is 6.54 Å². The van der Waals surface area contributed by atoms with Crippen molar-refractivity contribution in [1.29, 1.82) is 0 Å². The summed E-state index contributed by atoms with van der Waals surface area (Å²) >= 11 is 0. The lowest BCUT2D eigenvalue weighted by molar-refractivity contribution is 0.0950. The number of amides is 1. The second-order valence-electron chi connectivity index (χ2n) is 4.40. The van der Waals surface area contributed by atoms with Gasteiger partial charge in [-0.3, -0.25) is 4.79 Å². The molecule has 0 aromatic heterocycles. The van der Waals surface area contributed by atoms with Crippen molar-refractivity contribution in [3.8, 4) is 5.75 Å². The van der Waals surface area contributed by atoms with Gasteiger partial charge in [0, 0.05) is 17.7 Å². The SMILES string of the molecule is C=CCOc1ccc(C(=O)NCc2ccccc2F)cc1. The highest BCUT2D eigenvalue weighted by Crippen LogP contribution is 2.12. The van der Waals surface area contributed by atoms with Gasteiger partial charge in [0.25, 0.3) is 5.91 Å². The number of halogens is 1. The molecule has 0 heterocycles. The summed E-state index contributed by atoms with van der Waals surface area (Å²) in [7, 11) is 0. The van der Waals surface area contributed by atoms with Gasteiger partial charge in [-0.1, -0.05) is 30.9 Å². The number of hydrogen-bond acceptors (Lipinski definition) is 2. The van der Waals surface area contributed by atoms with Gasteiger partial charge in [0.2, 0.25) is 0 Å². The number of benzene rings is 2. The Hall–Kier alpha value is -2.62. The van der Waals surface area contributed by atoms with Crippen molar-refractivity contribution in [2.75, 3.05) is 6.61 Å². The van der Waals surface area contributed by atoms with Crippen LogP contribution in [0.3, 0.4) is 0 Å². The third-order valence-corrected chi connectivity index (χ3v) is 2.88. The minimum atomic E-state index is -0.328. The lowest BCUT2D eigenvalue weighted by Crippen LogP contribution is -2.23. The predicted molar refractivity (Wildman–Crippen MR) is 79.7 cm³/mol. The quantitative estimate of drug-likeness (QED) is 0.827. The smallest absolute Gasteiger partial charge is 0.251 e. The highest BCUT2D eigenvalue weighted by atomic mass is 19.1. The molecule has 2 aromatic rings. The van der Waals surface area contributed by atoms with E-state index in [2.05, 4.69) is 11.9 Å². The molecule has 0 atom stereocenters. The molecule has 0 bridgehead atoms. The Bertz CT molecular complexity index is 623. The molecule has 1 amide bonds. The van der Waals surface area contributed by atoms with Gasteiger partial charge in [-0.05, 0) is 30.3 Å². The van der Waals surface area contributed by atoms with Gasteiger partial charge >= 0.3 is 0 Å². The first-order valence-corrected chi connectivity index (χ1v) is 6.56. The topological polar surface area (TPSA) is 38.3 Å². The van der Waals surface area contributed by atoms with Gasteiger partial charge in [0.15, 0.2) is 0 Å². The first kappa shape index (κ1) is 14.8. The summed E-state index contributed by atoms with van der Waals surface area (Å²) in [6.07, 6.45) is 1.65. The van der Waals surface area contributed by atoms with Crippen LogP contribution in [-0.4, -0.2) is 12.5 Å². The van der Waals surface area contributed by atoms with Crippen LogP contribution in [0.25, 0.3) is 0 Å². The molecule has 21 heavy (non-hydrogen) atoms. The van der Waals surface area contributed by atoms with Crippen LogP contribution in [0.2, 0.25) is 0 Å². The van der Waals surface area contributed by atoms with E-state index in [1.165, 1.54) is 6.07 Å². The normalized spacial score (nSPS) is 9.95. The zero-order valence-corrected chi connectivity index (χ0v) is 11.5. The summed E-state index contributed by atoms with van der Waals surface area (Å²) in [5, 5.41) is 2.68. The Morgan fingerprint density at radius 2 is 1.90 bits per heavy atom. The van der Waals surface area contributed by atoms with Crippen molar-refractivity contribution in [3.63, 3.8) is 0 Å². The Kier molecular flexibility index (Phi) is 5.10. The van der Waals surface area contributed by atoms with E-state index < -0.39 is 0 Å². The summed E-state index contributed by atoms with van der Waals surface area (Å²) < 4.78 is 18.8. The minimum Gasteiger partial charge on any atom is -0.490 e. The van der Waals surface area contributed by atoms with Crippen LogP contribution in [0, 0.1) is 5.82 Å². The summed E-state index contributed by atoms with van der Waals surface area (Å²) in [5.74, 6) is 0.0834. The highest BCUT2D eigenvalue weighted by Gasteiger charge is 2.07. The molecule has 0 saturated heterocycles. The Balaban J connectivity index is 1.94. The average Bonchev–Trinajstić information content (AvgIpc) is 2.52. The molecule has 0 unspecified atom stereocenters. The summed E-state index contributed by atoms with van der Waals surface area (Å²) in [5.41, 5.74) is 0.953. The van der Waals surface area contributed by atoms with E-state index in [0.717, 1.165) is 0 Å². The molecule has 3 nitrogen and oxygen atoms in total. The Morgan fingerprint density at radius 3 is 2.57 bits per heavy atom. The Morgan fingerprint density at radius 1 is 1.19 bits per heavy atom. The molecule has 0 aliphatic heterocycles. The molecule has 0 aliphatic carbocycles. The van der Waals surface area contributed by atoms with Crippen molar-refractivity contribution < 1.29 is 13.9 Å². The molecule has 0 saturated carbocycles. The third-order valence-electron chi connectivity index (χ3n) is 2.88. The molecule has 1 N–H and O–H groups in total. The number of hydrogen-bond donors (Lipinski definition) is 1. The molecule has 0 radical (unpaired) electrons. The molecule has 2 aromatic carbocycles. The molecule has 4 heteroatoms. The van der Waals surface area contributed by atoms with E-state index in [9.17, 15) is 9.18 Å². The van der Waals surface area contributed by atoms with Crippen LogP contribution < -0.4 is 10.1 Å². The largest absolute Gasteiger partial charge is 0.490 e. The fraction of sp³-hybridized carbons (Fsp3) is 0.118. The lowest BCUT2D eigenvalue weighted by atomic mass is 10.2. The monoisotopic (exact) mass is 285 g/mol. The first-order chi connectivity index (χ1) is 10.2. The van der Waals surface area contributed by atoms with E-state index in [1.54, 1.807) is 48.5 Å². The number of carbonyl (C=O) groups is 1. The van der Waals surface area contributed by atoms with Crippen molar-refractivity contribution in [1.82, 2.24) is 5.32 Å². The molecule has 0 fully saturated rings. The number of nitrogens with one attached hydrogen (secondary N) is 1. The highest BCUT2D eigenvalue weighted by molar-refractivity contribution is 5.94. The van der Waals surface area contributed by atoms with Crippen LogP contribution >= 0.6 is 0 Å². The second kappa shape index (κ2) is 7.24. The molecule has 108 valence electrons. The van der Waals surface area contributed by atoms with Gasteiger partial charge in [-0.15, -0.1) is 0 Å². The molecule has 2 rings (SSSR count). The summed E-state index contributed by atoms with van der Waals surface area (Å²) in [6.45, 7) is 4.13. The van der Waals surface area contributed by atoms with Crippen LogP contribution in [0.4, 0.5) is 4.39 Å². The molecule has 0 aliphatic rings. The van der Waals surface area contributed by atoms with E-state index >= 15 is 0 Å². The van der Waals surface area contributed by atoms with E-state index in [0.29, 0.717) is 23.5 Å². The first-order valence-electron chi connectivity index (χ1n) is 6.56. The molecular weight excluding hydrogens is 269 g/mol. The zero-order chi connectivity index (χ0) is 15.1. The summed E-state index contributed by atoms with van der Waals surface area (Å²) in [4.78, 5) is 12.0.